The Morgan fingerprint density at radius 3 is 2.44 bits per heavy atom. The first-order valence-corrected chi connectivity index (χ1v) is 18.1. The molecule has 17 heteroatoms. The van der Waals surface area contributed by atoms with Crippen LogP contribution < -0.4 is 21.2 Å². The van der Waals surface area contributed by atoms with E-state index in [0.717, 1.165) is 80.3 Å². The van der Waals surface area contributed by atoms with Crippen LogP contribution in [0.4, 0.5) is 24.7 Å². The number of anilines is 2. The molecule has 2 aliphatic heterocycles. The maximum atomic E-state index is 13.4. The summed E-state index contributed by atoms with van der Waals surface area (Å²) in [5.41, 5.74) is 1.21. The van der Waals surface area contributed by atoms with Gasteiger partial charge < -0.3 is 15.0 Å². The first-order valence-electron chi connectivity index (χ1n) is 18.1. The van der Waals surface area contributed by atoms with E-state index < -0.39 is 29.7 Å². The fraction of sp³-hybridized carbons (Fsp3) is 0.432. The van der Waals surface area contributed by atoms with Gasteiger partial charge in [-0.05, 0) is 75.3 Å². The van der Waals surface area contributed by atoms with Gasteiger partial charge in [-0.25, -0.2) is 14.8 Å². The predicted molar refractivity (Wildman–Crippen MR) is 191 cm³/mol. The van der Waals surface area contributed by atoms with E-state index in [1.165, 1.54) is 16.8 Å². The topological polar surface area (TPSA) is 158 Å². The van der Waals surface area contributed by atoms with E-state index in [0.29, 0.717) is 11.0 Å². The van der Waals surface area contributed by atoms with E-state index in [-0.39, 0.29) is 54.2 Å². The minimum atomic E-state index is -4.66. The van der Waals surface area contributed by atoms with Crippen molar-refractivity contribution >= 4 is 51.2 Å². The zero-order valence-electron chi connectivity index (χ0n) is 29.4. The number of benzene rings is 1. The van der Waals surface area contributed by atoms with E-state index in [4.69, 9.17) is 9.84 Å². The molecule has 2 N–H and O–H groups in total. The molecule has 0 spiro atoms. The molecule has 1 unspecified atom stereocenters. The van der Waals surface area contributed by atoms with E-state index in [1.807, 2.05) is 29.1 Å². The molecule has 3 fully saturated rings. The lowest BCUT2D eigenvalue weighted by atomic mass is 9.92. The normalized spacial score (nSPS) is 21.5. The largest absolute Gasteiger partial charge is 0.433 e. The number of pyridine rings is 2. The number of halogens is 3. The number of fused-ring (bicyclic) bond motifs is 2. The smallest absolute Gasteiger partial charge is 0.375 e. The highest BCUT2D eigenvalue weighted by atomic mass is 19.4. The Balaban J connectivity index is 0.857. The highest BCUT2D eigenvalue weighted by molar-refractivity contribution is 6.03. The molecular weight excluding hydrogens is 707 g/mol. The van der Waals surface area contributed by atoms with Crippen LogP contribution >= 0.6 is 0 Å². The van der Waals surface area contributed by atoms with Crippen LogP contribution in [0.1, 0.15) is 79.6 Å². The molecule has 3 aliphatic rings. The third kappa shape index (κ3) is 6.83. The number of ether oxygens (including phenoxy) is 1. The molecule has 4 aromatic heterocycles. The third-order valence-electron chi connectivity index (χ3n) is 10.7. The Morgan fingerprint density at radius 1 is 0.963 bits per heavy atom. The lowest BCUT2D eigenvalue weighted by Crippen LogP contribution is -2.44. The van der Waals surface area contributed by atoms with Crippen molar-refractivity contribution in [2.24, 2.45) is 7.05 Å². The molecule has 0 radical (unpaired) electrons. The number of aryl methyl sites for hydroxylation is 1. The quantitative estimate of drug-likeness (QED) is 0.221. The SMILES string of the molecule is Cn1c(=O)n(C2CCC(=O)NC2=O)c2cccc(N3CCC(OC4CCC(n5cc6cc(NC(=O)c7cccc(C(F)(F)F)n7)ncc6n5)CC4)CC3)c21. The minimum Gasteiger partial charge on any atom is -0.375 e. The van der Waals surface area contributed by atoms with Gasteiger partial charge >= 0.3 is 11.9 Å². The second-order valence-corrected chi connectivity index (χ2v) is 14.2. The van der Waals surface area contributed by atoms with Crippen LogP contribution in [0.5, 0.6) is 0 Å². The van der Waals surface area contributed by atoms with Crippen LogP contribution in [-0.2, 0) is 27.5 Å². The summed E-state index contributed by atoms with van der Waals surface area (Å²) in [6, 6.07) is 9.97. The maximum absolute atomic E-state index is 13.4. The number of carbonyl (C=O) groups excluding carboxylic acids is 3. The monoisotopic (exact) mass is 745 g/mol. The fourth-order valence-corrected chi connectivity index (χ4v) is 7.95. The van der Waals surface area contributed by atoms with Gasteiger partial charge in [-0.15, -0.1) is 0 Å². The molecule has 54 heavy (non-hydrogen) atoms. The predicted octanol–water partition coefficient (Wildman–Crippen LogP) is 4.90. The standard InChI is InChI=1S/C37H38F3N9O5/c1-46-33-27(5-3-6-28(33)49(36(46)53)29-12-13-32(50)44-35(29)52)47-16-14-24(15-17-47)54-23-10-8-22(9-11-23)48-20-21-18-31(41-19-26(21)45-48)43-34(51)25-4-2-7-30(42-25)37(38,39)40/h2-7,18-20,22-24,29H,8-17H2,1H3,(H,43,51)(H,44,50,52). The Morgan fingerprint density at radius 2 is 1.70 bits per heavy atom. The number of amides is 3. The first-order chi connectivity index (χ1) is 25.9. The van der Waals surface area contributed by atoms with Gasteiger partial charge in [-0.3, -0.25) is 33.5 Å². The Bertz CT molecular complexity index is 2320. The fourth-order valence-electron chi connectivity index (χ4n) is 7.95. The minimum absolute atomic E-state index is 0.108. The highest BCUT2D eigenvalue weighted by Gasteiger charge is 2.34. The molecular formula is C37H38F3N9O5. The number of para-hydroxylation sites is 1. The van der Waals surface area contributed by atoms with Crippen molar-refractivity contribution in [3.05, 3.63) is 76.7 Å². The Kier molecular flexibility index (Phi) is 9.19. The van der Waals surface area contributed by atoms with Crippen LogP contribution in [0.15, 0.2) is 59.7 Å². The highest BCUT2D eigenvalue weighted by Crippen LogP contribution is 2.35. The van der Waals surface area contributed by atoms with Gasteiger partial charge in [0.1, 0.15) is 28.8 Å². The molecule has 1 aromatic carbocycles. The summed E-state index contributed by atoms with van der Waals surface area (Å²) < 4.78 is 50.8. The number of alkyl halides is 3. The molecule has 14 nitrogen and oxygen atoms in total. The number of nitrogens with zero attached hydrogens (tertiary/aromatic N) is 7. The number of nitrogens with one attached hydrogen (secondary N) is 2. The summed E-state index contributed by atoms with van der Waals surface area (Å²) in [4.78, 5) is 60.3. The summed E-state index contributed by atoms with van der Waals surface area (Å²) in [6.45, 7) is 1.51. The summed E-state index contributed by atoms with van der Waals surface area (Å²) in [7, 11) is 1.72. The van der Waals surface area contributed by atoms with Crippen LogP contribution in [-0.4, -0.2) is 71.9 Å². The van der Waals surface area contributed by atoms with E-state index in [2.05, 4.69) is 25.5 Å². The van der Waals surface area contributed by atoms with Gasteiger partial charge in [0.05, 0.1) is 41.2 Å². The summed E-state index contributed by atoms with van der Waals surface area (Å²) in [6.07, 6.45) is 4.62. The van der Waals surface area contributed by atoms with Gasteiger partial charge in [-0.1, -0.05) is 12.1 Å². The zero-order chi connectivity index (χ0) is 37.7. The number of imidazole rings is 1. The first kappa shape index (κ1) is 35.4. The van der Waals surface area contributed by atoms with E-state index >= 15 is 0 Å². The Hall–Kier alpha value is -5.58. The molecule has 1 atom stereocenters. The molecule has 8 rings (SSSR count). The summed E-state index contributed by atoms with van der Waals surface area (Å²) in [5, 5.41) is 10.3. The second kappa shape index (κ2) is 14.0. The van der Waals surface area contributed by atoms with Crippen molar-refractivity contribution < 1.29 is 32.3 Å². The van der Waals surface area contributed by atoms with Crippen LogP contribution in [0.3, 0.4) is 0 Å². The number of carbonyl (C=O) groups is 3. The van der Waals surface area contributed by atoms with Crippen molar-refractivity contribution in [3.8, 4) is 0 Å². The third-order valence-corrected chi connectivity index (χ3v) is 10.7. The van der Waals surface area contributed by atoms with Crippen LogP contribution in [0.2, 0.25) is 0 Å². The van der Waals surface area contributed by atoms with Crippen molar-refractivity contribution in [1.29, 1.82) is 0 Å². The molecule has 5 aromatic rings. The lowest BCUT2D eigenvalue weighted by Gasteiger charge is -2.37. The average Bonchev–Trinajstić information content (AvgIpc) is 3.70. The number of imide groups is 1. The lowest BCUT2D eigenvalue weighted by molar-refractivity contribution is -0.141. The van der Waals surface area contributed by atoms with Crippen molar-refractivity contribution in [3.63, 3.8) is 0 Å². The van der Waals surface area contributed by atoms with Gasteiger partial charge in [0.2, 0.25) is 11.8 Å². The molecule has 1 aliphatic carbocycles. The molecule has 6 heterocycles. The molecule has 282 valence electrons. The number of hydrogen-bond donors (Lipinski definition) is 2. The number of aromatic nitrogens is 6. The molecule has 3 amide bonds. The van der Waals surface area contributed by atoms with Crippen LogP contribution in [0, 0.1) is 0 Å². The maximum Gasteiger partial charge on any atom is 0.433 e. The van der Waals surface area contributed by atoms with E-state index in [1.54, 1.807) is 17.7 Å². The van der Waals surface area contributed by atoms with Gasteiger partial charge in [-0.2, -0.15) is 18.3 Å². The summed E-state index contributed by atoms with van der Waals surface area (Å²) in [5.74, 6) is -1.39. The number of hydrogen-bond acceptors (Lipinski definition) is 9. The van der Waals surface area contributed by atoms with E-state index in [9.17, 15) is 32.3 Å². The molecule has 2 saturated heterocycles. The second-order valence-electron chi connectivity index (χ2n) is 14.2. The van der Waals surface area contributed by atoms with Gasteiger partial charge in [0.25, 0.3) is 5.91 Å². The van der Waals surface area contributed by atoms with Crippen molar-refractivity contribution in [2.75, 3.05) is 23.3 Å². The van der Waals surface area contributed by atoms with Crippen LogP contribution in [0.25, 0.3) is 21.9 Å². The number of rotatable bonds is 7. The van der Waals surface area contributed by atoms with Gasteiger partial charge in [0.15, 0.2) is 0 Å². The average molecular weight is 746 g/mol. The zero-order valence-corrected chi connectivity index (χ0v) is 29.4. The van der Waals surface area contributed by atoms with Gasteiger partial charge in [0, 0.05) is 38.1 Å². The Labute approximate surface area is 306 Å². The summed E-state index contributed by atoms with van der Waals surface area (Å²) >= 11 is 0. The molecule has 1 saturated carbocycles. The van der Waals surface area contributed by atoms with Crippen molar-refractivity contribution in [1.82, 2.24) is 34.2 Å². The molecule has 0 bridgehead atoms. The number of piperidine rings is 2. The van der Waals surface area contributed by atoms with Crippen molar-refractivity contribution in [2.45, 2.75) is 81.8 Å².